The van der Waals surface area contributed by atoms with Crippen molar-refractivity contribution in [2.24, 2.45) is 11.8 Å². The standard InChI is InChI=1S/C21H38N4O3/c26-13-12-24-9-6-17(7-10-24)15-23-20(27)14-19-21(28)22-8-11-25(19)16-18-4-2-1-3-5-18/h17-19,26H,1-16H2,(H,22,28)(H,23,27). The molecule has 3 N–H and O–H groups in total. The van der Waals surface area contributed by atoms with Crippen molar-refractivity contribution in [3.05, 3.63) is 0 Å². The van der Waals surface area contributed by atoms with E-state index in [9.17, 15) is 9.59 Å². The average molecular weight is 395 g/mol. The number of rotatable bonds is 8. The Kier molecular flexibility index (Phi) is 8.55. The number of carbonyl (C=O) groups excluding carboxylic acids is 2. The first-order valence-corrected chi connectivity index (χ1v) is 11.3. The first-order chi connectivity index (χ1) is 13.7. The van der Waals surface area contributed by atoms with Crippen molar-refractivity contribution in [1.82, 2.24) is 20.4 Å². The number of aliphatic hydroxyl groups is 1. The third-order valence-corrected chi connectivity index (χ3v) is 6.75. The van der Waals surface area contributed by atoms with Gasteiger partial charge in [0.1, 0.15) is 0 Å². The van der Waals surface area contributed by atoms with Crippen LogP contribution in [-0.4, -0.2) is 85.2 Å². The van der Waals surface area contributed by atoms with Crippen molar-refractivity contribution in [2.45, 2.75) is 57.4 Å². The van der Waals surface area contributed by atoms with Crippen LogP contribution in [0.5, 0.6) is 0 Å². The lowest BCUT2D eigenvalue weighted by atomic mass is 9.88. The molecule has 7 heteroatoms. The fraction of sp³-hybridized carbons (Fsp3) is 0.905. The minimum absolute atomic E-state index is 0.00604. The van der Waals surface area contributed by atoms with Crippen LogP contribution in [0.4, 0.5) is 0 Å². The Hall–Kier alpha value is -1.18. The van der Waals surface area contributed by atoms with Gasteiger partial charge < -0.3 is 20.6 Å². The molecule has 160 valence electrons. The van der Waals surface area contributed by atoms with E-state index in [0.29, 0.717) is 24.9 Å². The molecular formula is C21H38N4O3. The van der Waals surface area contributed by atoms with Gasteiger partial charge in [-0.15, -0.1) is 0 Å². The highest BCUT2D eigenvalue weighted by Gasteiger charge is 2.33. The molecule has 0 bridgehead atoms. The van der Waals surface area contributed by atoms with Crippen LogP contribution in [0.3, 0.4) is 0 Å². The van der Waals surface area contributed by atoms with Crippen molar-refractivity contribution in [2.75, 3.05) is 52.4 Å². The molecule has 28 heavy (non-hydrogen) atoms. The van der Waals surface area contributed by atoms with Crippen LogP contribution in [0.2, 0.25) is 0 Å². The van der Waals surface area contributed by atoms with E-state index >= 15 is 0 Å². The molecule has 1 aliphatic carbocycles. The summed E-state index contributed by atoms with van der Waals surface area (Å²) < 4.78 is 0. The number of nitrogens with one attached hydrogen (secondary N) is 2. The van der Waals surface area contributed by atoms with E-state index in [4.69, 9.17) is 5.11 Å². The first kappa shape index (κ1) is 21.5. The van der Waals surface area contributed by atoms with E-state index in [1.165, 1.54) is 32.1 Å². The SMILES string of the molecule is O=C(CC1C(=O)NCCN1CC1CCCCC1)NCC1CCN(CCO)CC1. The normalized spacial score (nSPS) is 26.2. The van der Waals surface area contributed by atoms with Crippen molar-refractivity contribution in [3.63, 3.8) is 0 Å². The lowest BCUT2D eigenvalue weighted by molar-refractivity contribution is -0.134. The van der Waals surface area contributed by atoms with E-state index < -0.39 is 0 Å². The number of piperazine rings is 1. The molecule has 0 spiro atoms. The molecular weight excluding hydrogens is 356 g/mol. The summed E-state index contributed by atoms with van der Waals surface area (Å²) in [7, 11) is 0. The van der Waals surface area contributed by atoms with Crippen molar-refractivity contribution < 1.29 is 14.7 Å². The fourth-order valence-electron chi connectivity index (χ4n) is 4.97. The highest BCUT2D eigenvalue weighted by atomic mass is 16.3. The third kappa shape index (κ3) is 6.42. The summed E-state index contributed by atoms with van der Waals surface area (Å²) in [4.78, 5) is 29.5. The number of piperidine rings is 1. The Morgan fingerprint density at radius 3 is 2.54 bits per heavy atom. The number of nitrogens with zero attached hydrogens (tertiary/aromatic N) is 2. The molecule has 0 aromatic carbocycles. The predicted octanol–water partition coefficient (Wildman–Crippen LogP) is 0.578. The van der Waals surface area contributed by atoms with Crippen molar-refractivity contribution in [3.8, 4) is 0 Å². The molecule has 0 aromatic heterocycles. The summed E-state index contributed by atoms with van der Waals surface area (Å²) in [6, 6.07) is -0.318. The van der Waals surface area contributed by atoms with Crippen LogP contribution in [-0.2, 0) is 9.59 Å². The number of hydrogen-bond donors (Lipinski definition) is 3. The van der Waals surface area contributed by atoms with Gasteiger partial charge in [0.05, 0.1) is 19.1 Å². The lowest BCUT2D eigenvalue weighted by Crippen LogP contribution is -2.57. The van der Waals surface area contributed by atoms with Gasteiger partial charge in [0.15, 0.2) is 0 Å². The maximum atomic E-state index is 12.5. The number of carbonyl (C=O) groups is 2. The van der Waals surface area contributed by atoms with Gasteiger partial charge in [0.2, 0.25) is 11.8 Å². The smallest absolute Gasteiger partial charge is 0.237 e. The molecule has 3 rings (SSSR count). The molecule has 1 atom stereocenters. The number of likely N-dealkylation sites (tertiary alicyclic amines) is 1. The monoisotopic (exact) mass is 394 g/mol. The summed E-state index contributed by atoms with van der Waals surface area (Å²) in [5.74, 6) is 1.18. The second-order valence-corrected chi connectivity index (χ2v) is 8.82. The Morgan fingerprint density at radius 2 is 1.82 bits per heavy atom. The lowest BCUT2D eigenvalue weighted by Gasteiger charge is -2.38. The zero-order valence-electron chi connectivity index (χ0n) is 17.2. The van der Waals surface area contributed by atoms with Gasteiger partial charge in [0, 0.05) is 32.7 Å². The Labute approximate surface area is 169 Å². The molecule has 2 heterocycles. The summed E-state index contributed by atoms with van der Waals surface area (Å²) in [6.45, 7) is 6.12. The zero-order chi connectivity index (χ0) is 19.8. The maximum absolute atomic E-state index is 12.5. The highest BCUT2D eigenvalue weighted by molar-refractivity contribution is 5.88. The topological polar surface area (TPSA) is 84.9 Å². The van der Waals surface area contributed by atoms with E-state index in [1.807, 2.05) is 0 Å². The summed E-state index contributed by atoms with van der Waals surface area (Å²) in [5, 5.41) is 15.0. The van der Waals surface area contributed by atoms with Crippen molar-refractivity contribution in [1.29, 1.82) is 0 Å². The third-order valence-electron chi connectivity index (χ3n) is 6.75. The predicted molar refractivity (Wildman–Crippen MR) is 109 cm³/mol. The molecule has 2 aliphatic heterocycles. The Bertz CT molecular complexity index is 502. The van der Waals surface area contributed by atoms with E-state index in [-0.39, 0.29) is 30.9 Å². The molecule has 2 amide bonds. The first-order valence-electron chi connectivity index (χ1n) is 11.3. The van der Waals surface area contributed by atoms with Crippen molar-refractivity contribution >= 4 is 11.8 Å². The number of amides is 2. The summed E-state index contributed by atoms with van der Waals surface area (Å²) in [5.41, 5.74) is 0. The van der Waals surface area contributed by atoms with E-state index in [1.54, 1.807) is 0 Å². The second kappa shape index (κ2) is 11.1. The molecule has 3 aliphatic rings. The van der Waals surface area contributed by atoms with Crippen LogP contribution >= 0.6 is 0 Å². The summed E-state index contributed by atoms with van der Waals surface area (Å²) in [6.07, 6.45) is 8.82. The van der Waals surface area contributed by atoms with Gasteiger partial charge >= 0.3 is 0 Å². The van der Waals surface area contributed by atoms with Crippen LogP contribution < -0.4 is 10.6 Å². The number of hydrogen-bond acceptors (Lipinski definition) is 5. The van der Waals surface area contributed by atoms with E-state index in [0.717, 1.165) is 45.6 Å². The average Bonchev–Trinajstić information content (AvgIpc) is 2.71. The zero-order valence-corrected chi connectivity index (χ0v) is 17.2. The Morgan fingerprint density at radius 1 is 1.07 bits per heavy atom. The van der Waals surface area contributed by atoms with Crippen LogP contribution in [0.1, 0.15) is 51.4 Å². The highest BCUT2D eigenvalue weighted by Crippen LogP contribution is 2.26. The minimum Gasteiger partial charge on any atom is -0.395 e. The van der Waals surface area contributed by atoms with Gasteiger partial charge in [-0.05, 0) is 50.6 Å². The minimum atomic E-state index is -0.318. The molecule has 0 radical (unpaired) electrons. The molecule has 1 unspecified atom stereocenters. The number of aliphatic hydroxyl groups excluding tert-OH is 1. The molecule has 2 saturated heterocycles. The van der Waals surface area contributed by atoms with Gasteiger partial charge in [-0.25, -0.2) is 0 Å². The number of β-amino-alcohol motifs (C(OH)–C–C–N with tert-alkyl or cyclic N) is 1. The van der Waals surface area contributed by atoms with Crippen LogP contribution in [0.15, 0.2) is 0 Å². The second-order valence-electron chi connectivity index (χ2n) is 8.82. The molecule has 7 nitrogen and oxygen atoms in total. The summed E-state index contributed by atoms with van der Waals surface area (Å²) >= 11 is 0. The molecule has 1 saturated carbocycles. The Balaban J connectivity index is 1.42. The van der Waals surface area contributed by atoms with Crippen LogP contribution in [0.25, 0.3) is 0 Å². The van der Waals surface area contributed by atoms with Crippen LogP contribution in [0, 0.1) is 11.8 Å². The maximum Gasteiger partial charge on any atom is 0.237 e. The largest absolute Gasteiger partial charge is 0.395 e. The van der Waals surface area contributed by atoms with Gasteiger partial charge in [0.25, 0.3) is 0 Å². The molecule has 0 aromatic rings. The van der Waals surface area contributed by atoms with Gasteiger partial charge in [-0.1, -0.05) is 19.3 Å². The quantitative estimate of drug-likeness (QED) is 0.561. The molecule has 3 fully saturated rings. The fourth-order valence-corrected chi connectivity index (χ4v) is 4.97. The van der Waals surface area contributed by atoms with Gasteiger partial charge in [-0.2, -0.15) is 0 Å². The van der Waals surface area contributed by atoms with E-state index in [2.05, 4.69) is 20.4 Å². The van der Waals surface area contributed by atoms with Gasteiger partial charge in [-0.3, -0.25) is 14.5 Å².